The van der Waals surface area contributed by atoms with Crippen LogP contribution < -0.4 is 14.1 Å². The largest absolute Gasteiger partial charge is 4.00 e. The summed E-state index contributed by atoms with van der Waals surface area (Å²) in [6.07, 6.45) is 0. The van der Waals surface area contributed by atoms with E-state index in [0.29, 0.717) is 0 Å². The molecule has 0 aliphatic carbocycles. The standard InChI is InChI=1S/C5H5.Cr.3FH/c1-2-4-5-3-1;;;;/h1-5H;;3*1H/q-1;+4;;;/p-3. The van der Waals surface area contributed by atoms with Crippen LogP contribution in [0.4, 0.5) is 0 Å². The number of hydrogen-bond acceptors (Lipinski definition) is 0. The first-order valence-corrected chi connectivity index (χ1v) is 1.67. The van der Waals surface area contributed by atoms with E-state index < -0.39 is 0 Å². The van der Waals surface area contributed by atoms with Gasteiger partial charge in [-0.3, -0.25) is 0 Å². The zero-order valence-corrected chi connectivity index (χ0v) is 5.70. The van der Waals surface area contributed by atoms with Crippen molar-refractivity contribution in [3.05, 3.63) is 30.3 Å². The van der Waals surface area contributed by atoms with Gasteiger partial charge in [-0.05, 0) is 0 Å². The Labute approximate surface area is 62.5 Å². The van der Waals surface area contributed by atoms with Crippen LogP contribution in [0, 0.1) is 0 Å². The molecule has 0 aromatic heterocycles. The molecule has 0 nitrogen and oxygen atoms in total. The second kappa shape index (κ2) is 15.6. The third-order valence-electron chi connectivity index (χ3n) is 0.556. The van der Waals surface area contributed by atoms with E-state index in [1.165, 1.54) is 0 Å². The van der Waals surface area contributed by atoms with Gasteiger partial charge in [0.1, 0.15) is 0 Å². The fourth-order valence-corrected chi connectivity index (χ4v) is 0.321. The molecule has 0 aliphatic heterocycles. The van der Waals surface area contributed by atoms with Gasteiger partial charge < -0.3 is 14.1 Å². The van der Waals surface area contributed by atoms with Gasteiger partial charge in [-0.1, -0.05) is 0 Å². The van der Waals surface area contributed by atoms with E-state index in [4.69, 9.17) is 0 Å². The van der Waals surface area contributed by atoms with Gasteiger partial charge in [0.25, 0.3) is 0 Å². The molecule has 0 bridgehead atoms. The van der Waals surface area contributed by atoms with Gasteiger partial charge in [0, 0.05) is 0 Å². The number of halogens is 3. The topological polar surface area (TPSA) is 0 Å². The molecule has 1 aromatic rings. The van der Waals surface area contributed by atoms with Gasteiger partial charge in [0.2, 0.25) is 0 Å². The quantitative estimate of drug-likeness (QED) is 0.343. The van der Waals surface area contributed by atoms with Gasteiger partial charge in [-0.15, -0.1) is 0 Å². The summed E-state index contributed by atoms with van der Waals surface area (Å²) in [6, 6.07) is 10.0. The Morgan fingerprint density at radius 1 is 0.778 bits per heavy atom. The van der Waals surface area contributed by atoms with Crippen LogP contribution in [0.5, 0.6) is 0 Å². The van der Waals surface area contributed by atoms with E-state index >= 15 is 0 Å². The molecule has 0 radical (unpaired) electrons. The third-order valence-corrected chi connectivity index (χ3v) is 0.556. The van der Waals surface area contributed by atoms with Gasteiger partial charge in [0.05, 0.1) is 0 Å². The fourth-order valence-electron chi connectivity index (χ4n) is 0.321. The van der Waals surface area contributed by atoms with Crippen LogP contribution in [0.3, 0.4) is 0 Å². The maximum Gasteiger partial charge on any atom is 4.00 e. The molecule has 1 rings (SSSR count). The Hall–Kier alpha value is -0.328. The Bertz CT molecular complexity index is 68.7. The molecule has 0 saturated carbocycles. The van der Waals surface area contributed by atoms with E-state index in [9.17, 15) is 0 Å². The van der Waals surface area contributed by atoms with E-state index in [1.807, 2.05) is 30.3 Å². The average Bonchev–Trinajstić information content (AvgIpc) is 1.76. The van der Waals surface area contributed by atoms with E-state index in [1.54, 1.807) is 0 Å². The van der Waals surface area contributed by atoms with E-state index in [2.05, 4.69) is 0 Å². The van der Waals surface area contributed by atoms with Crippen LogP contribution in [-0.2, 0) is 17.4 Å². The summed E-state index contributed by atoms with van der Waals surface area (Å²) in [4.78, 5) is 0. The molecule has 0 fully saturated rings. The van der Waals surface area contributed by atoms with Gasteiger partial charge >= 0.3 is 17.4 Å². The van der Waals surface area contributed by atoms with Crippen molar-refractivity contribution < 1.29 is 31.5 Å². The van der Waals surface area contributed by atoms with Crippen molar-refractivity contribution in [1.29, 1.82) is 0 Å². The average molecular weight is 174 g/mol. The van der Waals surface area contributed by atoms with Crippen molar-refractivity contribution in [2.45, 2.75) is 0 Å². The Kier molecular flexibility index (Phi) is 40.7. The first kappa shape index (κ1) is 23.4. The molecule has 0 aliphatic rings. The molecule has 52 valence electrons. The van der Waals surface area contributed by atoms with Crippen molar-refractivity contribution in [2.24, 2.45) is 0 Å². The molecule has 0 heterocycles. The van der Waals surface area contributed by atoms with Crippen LogP contribution >= 0.6 is 0 Å². The van der Waals surface area contributed by atoms with Crippen molar-refractivity contribution in [1.82, 2.24) is 0 Å². The predicted molar refractivity (Wildman–Crippen MR) is 22.0 cm³/mol. The van der Waals surface area contributed by atoms with Crippen molar-refractivity contribution in [2.75, 3.05) is 0 Å². The van der Waals surface area contributed by atoms with Crippen LogP contribution in [0.1, 0.15) is 0 Å². The molecule has 4 heteroatoms. The van der Waals surface area contributed by atoms with E-state index in [-0.39, 0.29) is 31.5 Å². The zero-order chi connectivity index (χ0) is 3.54. The minimum absolute atomic E-state index is 0. The maximum atomic E-state index is 2.00. The Balaban J connectivity index is -0.0000000312. The Morgan fingerprint density at radius 2 is 1.11 bits per heavy atom. The molecular weight excluding hydrogens is 169 g/mol. The van der Waals surface area contributed by atoms with Crippen molar-refractivity contribution in [3.63, 3.8) is 0 Å². The molecule has 0 amide bonds. The summed E-state index contributed by atoms with van der Waals surface area (Å²) in [7, 11) is 0. The summed E-state index contributed by atoms with van der Waals surface area (Å²) in [5, 5.41) is 0. The number of rotatable bonds is 0. The predicted octanol–water partition coefficient (Wildman–Crippen LogP) is -7.59. The summed E-state index contributed by atoms with van der Waals surface area (Å²) in [5.74, 6) is 0. The van der Waals surface area contributed by atoms with Gasteiger partial charge in [0.15, 0.2) is 0 Å². The zero-order valence-electron chi connectivity index (χ0n) is 4.43. The molecule has 1 aromatic carbocycles. The van der Waals surface area contributed by atoms with Crippen LogP contribution in [-0.4, -0.2) is 0 Å². The molecule has 0 N–H and O–H groups in total. The van der Waals surface area contributed by atoms with E-state index in [0.717, 1.165) is 0 Å². The van der Waals surface area contributed by atoms with Crippen LogP contribution in [0.15, 0.2) is 30.3 Å². The first-order chi connectivity index (χ1) is 2.50. The number of hydrogen-bond donors (Lipinski definition) is 0. The smallest absolute Gasteiger partial charge is 1.00 e. The van der Waals surface area contributed by atoms with Crippen molar-refractivity contribution >= 4 is 0 Å². The summed E-state index contributed by atoms with van der Waals surface area (Å²) >= 11 is 0. The van der Waals surface area contributed by atoms with Crippen LogP contribution in [0.2, 0.25) is 0 Å². The van der Waals surface area contributed by atoms with Gasteiger partial charge in [-0.25, -0.2) is 12.1 Å². The van der Waals surface area contributed by atoms with Crippen LogP contribution in [0.25, 0.3) is 0 Å². The Morgan fingerprint density at radius 3 is 1.22 bits per heavy atom. The molecule has 0 atom stereocenters. The second-order valence-electron chi connectivity index (χ2n) is 0.962. The summed E-state index contributed by atoms with van der Waals surface area (Å²) in [6.45, 7) is 0. The third kappa shape index (κ3) is 11.3. The summed E-state index contributed by atoms with van der Waals surface area (Å²) in [5.41, 5.74) is 0. The first-order valence-electron chi connectivity index (χ1n) is 1.67. The monoisotopic (exact) mass is 174 g/mol. The fraction of sp³-hybridized carbons (Fsp3) is 0. The van der Waals surface area contributed by atoms with Crippen molar-refractivity contribution in [3.8, 4) is 0 Å². The molecule has 0 unspecified atom stereocenters. The SMILES string of the molecule is [Cr+4].[F-].[F-].[F-].c1cc[cH-]c1. The normalized spacial score (nSPS) is 4.44. The molecular formula is C5H5CrF3. The molecule has 0 saturated heterocycles. The minimum atomic E-state index is 0. The summed E-state index contributed by atoms with van der Waals surface area (Å²) < 4.78 is 0. The maximum absolute atomic E-state index is 2.00. The molecule has 9 heavy (non-hydrogen) atoms. The molecule has 0 spiro atoms. The second-order valence-corrected chi connectivity index (χ2v) is 0.962. The minimum Gasteiger partial charge on any atom is -1.00 e. The van der Waals surface area contributed by atoms with Gasteiger partial charge in [-0.2, -0.15) is 18.2 Å².